The number of anilines is 3. The third-order valence-corrected chi connectivity index (χ3v) is 7.40. The predicted molar refractivity (Wildman–Crippen MR) is 147 cm³/mol. The first-order valence-electron chi connectivity index (χ1n) is 13.4. The fourth-order valence-electron chi connectivity index (χ4n) is 5.31. The van der Waals surface area contributed by atoms with Gasteiger partial charge >= 0.3 is 12.0 Å². The monoisotopic (exact) mass is 491 g/mol. The molecule has 36 heavy (non-hydrogen) atoms. The third-order valence-electron chi connectivity index (χ3n) is 7.40. The zero-order valence-corrected chi connectivity index (χ0v) is 22.3. The topological polar surface area (TPSA) is 81.7 Å². The van der Waals surface area contributed by atoms with E-state index in [9.17, 15) is 14.7 Å². The molecule has 0 aliphatic heterocycles. The van der Waals surface area contributed by atoms with Gasteiger partial charge in [-0.2, -0.15) is 0 Å². The molecule has 2 fully saturated rings. The first-order valence-corrected chi connectivity index (χ1v) is 13.4. The normalized spacial score (nSPS) is 19.2. The SMILES string of the molecule is Cc1ccc(NC(=O)Nc2cc([C@H]3C[C@H]3C(=O)O)ccc2N(CC(C)C)CC(C)C)cc1C1CCC1. The zero-order valence-electron chi connectivity index (χ0n) is 22.3. The van der Waals surface area contributed by atoms with E-state index in [1.54, 1.807) is 0 Å². The highest BCUT2D eigenvalue weighted by molar-refractivity contribution is 6.02. The molecule has 2 aliphatic carbocycles. The minimum Gasteiger partial charge on any atom is -0.481 e. The van der Waals surface area contributed by atoms with Crippen LogP contribution in [0.15, 0.2) is 36.4 Å². The van der Waals surface area contributed by atoms with Gasteiger partial charge in [0.05, 0.1) is 17.3 Å². The molecule has 3 N–H and O–H groups in total. The van der Waals surface area contributed by atoms with Gasteiger partial charge in [-0.1, -0.05) is 46.2 Å². The molecule has 0 aromatic heterocycles. The molecule has 0 unspecified atom stereocenters. The van der Waals surface area contributed by atoms with Crippen molar-refractivity contribution >= 4 is 29.1 Å². The zero-order chi connectivity index (χ0) is 26.0. The van der Waals surface area contributed by atoms with Gasteiger partial charge in [0, 0.05) is 18.8 Å². The van der Waals surface area contributed by atoms with Crippen molar-refractivity contribution in [1.82, 2.24) is 0 Å². The highest BCUT2D eigenvalue weighted by Gasteiger charge is 2.44. The van der Waals surface area contributed by atoms with E-state index in [1.165, 1.54) is 30.4 Å². The number of aryl methyl sites for hydroxylation is 1. The molecule has 2 atom stereocenters. The molecule has 2 aromatic rings. The lowest BCUT2D eigenvalue weighted by Gasteiger charge is -2.31. The number of carboxylic acids is 1. The molecule has 2 saturated carbocycles. The van der Waals surface area contributed by atoms with Crippen LogP contribution < -0.4 is 15.5 Å². The summed E-state index contributed by atoms with van der Waals surface area (Å²) in [6.45, 7) is 12.7. The number of nitrogens with zero attached hydrogens (tertiary/aromatic N) is 1. The Morgan fingerprint density at radius 1 is 1.00 bits per heavy atom. The second-order valence-corrected chi connectivity index (χ2v) is 11.5. The molecular formula is C30H41N3O3. The highest BCUT2D eigenvalue weighted by atomic mass is 16.4. The van der Waals surface area contributed by atoms with Crippen LogP contribution in [-0.4, -0.2) is 30.2 Å². The quantitative estimate of drug-likeness (QED) is 0.328. The second kappa shape index (κ2) is 10.9. The number of benzene rings is 2. The van der Waals surface area contributed by atoms with Gasteiger partial charge in [-0.25, -0.2) is 4.79 Å². The van der Waals surface area contributed by atoms with Crippen molar-refractivity contribution in [3.05, 3.63) is 53.1 Å². The van der Waals surface area contributed by atoms with E-state index < -0.39 is 5.97 Å². The summed E-state index contributed by atoms with van der Waals surface area (Å²) in [4.78, 5) is 27.0. The number of carbonyl (C=O) groups is 2. The first-order chi connectivity index (χ1) is 17.1. The molecule has 6 nitrogen and oxygen atoms in total. The van der Waals surface area contributed by atoms with Gasteiger partial charge in [-0.15, -0.1) is 0 Å². The molecule has 2 aliphatic rings. The maximum atomic E-state index is 13.2. The summed E-state index contributed by atoms with van der Waals surface area (Å²) < 4.78 is 0. The molecule has 4 rings (SSSR count). The molecule has 2 aromatic carbocycles. The minimum atomic E-state index is -0.751. The number of carbonyl (C=O) groups excluding carboxylic acids is 1. The Morgan fingerprint density at radius 3 is 2.25 bits per heavy atom. The van der Waals surface area contributed by atoms with Gasteiger partial charge in [0.2, 0.25) is 0 Å². The first kappa shape index (κ1) is 26.1. The van der Waals surface area contributed by atoms with E-state index in [2.05, 4.69) is 62.3 Å². The number of hydrogen-bond donors (Lipinski definition) is 3. The number of hydrogen-bond acceptors (Lipinski definition) is 3. The van der Waals surface area contributed by atoms with Crippen molar-refractivity contribution < 1.29 is 14.7 Å². The van der Waals surface area contributed by atoms with Crippen LogP contribution in [0.5, 0.6) is 0 Å². The molecule has 0 radical (unpaired) electrons. The number of rotatable bonds is 10. The standard InChI is InChI=1S/C30H41N3O3/c1-18(2)16-33(17-19(3)4)28-12-10-22(25-15-26(25)29(34)35)13-27(28)32-30(36)31-23-11-9-20(5)24(14-23)21-7-6-8-21/h9-14,18-19,21,25-26H,6-8,15-17H2,1-5H3,(H,34,35)(H2,31,32,36)/t25-,26-/m1/s1. The summed E-state index contributed by atoms with van der Waals surface area (Å²) in [5, 5.41) is 15.6. The van der Waals surface area contributed by atoms with Crippen LogP contribution in [0, 0.1) is 24.7 Å². The highest BCUT2D eigenvalue weighted by Crippen LogP contribution is 2.49. The molecule has 6 heteroatoms. The summed E-state index contributed by atoms with van der Waals surface area (Å²) in [6.07, 6.45) is 4.35. The maximum Gasteiger partial charge on any atom is 0.323 e. The van der Waals surface area contributed by atoms with Crippen molar-refractivity contribution in [3.8, 4) is 0 Å². The van der Waals surface area contributed by atoms with Crippen LogP contribution in [0.25, 0.3) is 0 Å². The van der Waals surface area contributed by atoms with E-state index in [0.717, 1.165) is 35.7 Å². The van der Waals surface area contributed by atoms with E-state index >= 15 is 0 Å². The smallest absolute Gasteiger partial charge is 0.323 e. The van der Waals surface area contributed by atoms with Gasteiger partial charge in [-0.05, 0) is 90.8 Å². The van der Waals surface area contributed by atoms with E-state index in [4.69, 9.17) is 0 Å². The van der Waals surface area contributed by atoms with Gasteiger partial charge in [-0.3, -0.25) is 4.79 Å². The summed E-state index contributed by atoms with van der Waals surface area (Å²) in [6, 6.07) is 11.9. The summed E-state index contributed by atoms with van der Waals surface area (Å²) >= 11 is 0. The number of urea groups is 1. The Hall–Kier alpha value is -3.02. The fraction of sp³-hybridized carbons (Fsp3) is 0.533. The largest absolute Gasteiger partial charge is 0.481 e. The van der Waals surface area contributed by atoms with Crippen molar-refractivity contribution in [2.75, 3.05) is 28.6 Å². The summed E-state index contributed by atoms with van der Waals surface area (Å²) in [5.74, 6) is 0.437. The molecule has 2 amide bonds. The predicted octanol–water partition coefficient (Wildman–Crippen LogP) is 7.21. The summed E-state index contributed by atoms with van der Waals surface area (Å²) in [7, 11) is 0. The summed E-state index contributed by atoms with van der Waals surface area (Å²) in [5.41, 5.74) is 6.08. The van der Waals surface area contributed by atoms with Crippen LogP contribution in [0.3, 0.4) is 0 Å². The minimum absolute atomic E-state index is 0.00550. The Morgan fingerprint density at radius 2 is 1.69 bits per heavy atom. The molecule has 0 saturated heterocycles. The Bertz CT molecular complexity index is 1100. The Kier molecular flexibility index (Phi) is 7.91. The van der Waals surface area contributed by atoms with E-state index in [-0.39, 0.29) is 17.9 Å². The van der Waals surface area contributed by atoms with Crippen LogP contribution in [0.2, 0.25) is 0 Å². The van der Waals surface area contributed by atoms with Crippen LogP contribution in [-0.2, 0) is 4.79 Å². The van der Waals surface area contributed by atoms with E-state index in [0.29, 0.717) is 24.2 Å². The number of carboxylic acid groups (broad SMARTS) is 1. The van der Waals surface area contributed by atoms with Gasteiger partial charge < -0.3 is 20.6 Å². The second-order valence-electron chi connectivity index (χ2n) is 11.5. The van der Waals surface area contributed by atoms with Crippen molar-refractivity contribution in [2.24, 2.45) is 17.8 Å². The Balaban J connectivity index is 1.58. The molecular weight excluding hydrogens is 450 g/mol. The molecule has 0 spiro atoms. The molecule has 0 bridgehead atoms. The van der Waals surface area contributed by atoms with Crippen LogP contribution in [0.1, 0.15) is 81.9 Å². The maximum absolute atomic E-state index is 13.2. The molecule has 0 heterocycles. The van der Waals surface area contributed by atoms with Gasteiger partial charge in [0.1, 0.15) is 0 Å². The van der Waals surface area contributed by atoms with Crippen molar-refractivity contribution in [3.63, 3.8) is 0 Å². The van der Waals surface area contributed by atoms with Crippen LogP contribution in [0.4, 0.5) is 21.9 Å². The van der Waals surface area contributed by atoms with Gasteiger partial charge in [0.15, 0.2) is 0 Å². The number of aliphatic carboxylic acids is 1. The average Bonchev–Trinajstić information content (AvgIpc) is 3.55. The Labute approximate surface area is 215 Å². The fourth-order valence-corrected chi connectivity index (χ4v) is 5.31. The van der Waals surface area contributed by atoms with Gasteiger partial charge in [0.25, 0.3) is 0 Å². The van der Waals surface area contributed by atoms with Crippen molar-refractivity contribution in [1.29, 1.82) is 0 Å². The van der Waals surface area contributed by atoms with E-state index in [1.807, 2.05) is 24.3 Å². The molecule has 194 valence electrons. The lowest BCUT2D eigenvalue weighted by molar-refractivity contribution is -0.138. The lowest BCUT2D eigenvalue weighted by Crippen LogP contribution is -2.32. The number of amides is 2. The average molecular weight is 492 g/mol. The van der Waals surface area contributed by atoms with Crippen LogP contribution >= 0.6 is 0 Å². The third kappa shape index (κ3) is 6.21. The number of nitrogens with one attached hydrogen (secondary N) is 2. The lowest BCUT2D eigenvalue weighted by atomic mass is 9.78. The van der Waals surface area contributed by atoms with Crippen molar-refractivity contribution in [2.45, 2.75) is 72.1 Å².